The summed E-state index contributed by atoms with van der Waals surface area (Å²) in [7, 11) is 0. The lowest BCUT2D eigenvalue weighted by Gasteiger charge is -2.26. The molecule has 1 aromatic carbocycles. The van der Waals surface area contributed by atoms with E-state index in [4.69, 9.17) is 9.47 Å². The van der Waals surface area contributed by atoms with Crippen molar-refractivity contribution in [2.45, 2.75) is 37.8 Å². The van der Waals surface area contributed by atoms with Crippen LogP contribution >= 0.6 is 0 Å². The van der Waals surface area contributed by atoms with Crippen LogP contribution in [0.4, 0.5) is 10.7 Å². The standard InChI is InChI=1S/C19H24N4O4/c24-15-4-2-14(3-5-15)21-18-20-12-13-1-6-16(11-17(13)22-18)26-9-7-23-8-10-27-19(23)25/h1,6,11-12,14-15,24H,2-5,7-10H2,(H,20,21,22)/t14-,15-. The predicted octanol–water partition coefficient (Wildman–Crippen LogP) is 2.18. The van der Waals surface area contributed by atoms with Crippen LogP contribution in [0, 0.1) is 0 Å². The van der Waals surface area contributed by atoms with Gasteiger partial charge in [-0.2, -0.15) is 0 Å². The number of aliphatic hydroxyl groups is 1. The van der Waals surface area contributed by atoms with Gasteiger partial charge in [-0.15, -0.1) is 0 Å². The molecule has 144 valence electrons. The number of nitrogens with zero attached hydrogens (tertiary/aromatic N) is 3. The molecule has 2 heterocycles. The first-order valence-corrected chi connectivity index (χ1v) is 9.43. The number of hydrogen-bond acceptors (Lipinski definition) is 7. The van der Waals surface area contributed by atoms with Crippen LogP contribution in [0.3, 0.4) is 0 Å². The summed E-state index contributed by atoms with van der Waals surface area (Å²) in [6.45, 7) is 1.96. The van der Waals surface area contributed by atoms with Crippen LogP contribution in [0.25, 0.3) is 10.9 Å². The van der Waals surface area contributed by atoms with Gasteiger partial charge in [0.15, 0.2) is 0 Å². The summed E-state index contributed by atoms with van der Waals surface area (Å²) < 4.78 is 10.7. The van der Waals surface area contributed by atoms with Crippen LogP contribution in [0.15, 0.2) is 24.4 Å². The highest BCUT2D eigenvalue weighted by molar-refractivity contribution is 5.80. The van der Waals surface area contributed by atoms with Crippen LogP contribution in [0.5, 0.6) is 5.75 Å². The summed E-state index contributed by atoms with van der Waals surface area (Å²) in [6, 6.07) is 5.99. The first-order chi connectivity index (χ1) is 13.2. The van der Waals surface area contributed by atoms with Crippen LogP contribution in [0.2, 0.25) is 0 Å². The molecule has 2 fully saturated rings. The van der Waals surface area contributed by atoms with Crippen molar-refractivity contribution in [2.75, 3.05) is 31.6 Å². The van der Waals surface area contributed by atoms with Crippen molar-refractivity contribution in [2.24, 2.45) is 0 Å². The van der Waals surface area contributed by atoms with Crippen molar-refractivity contribution < 1.29 is 19.4 Å². The van der Waals surface area contributed by atoms with Gasteiger partial charge in [-0.25, -0.2) is 14.8 Å². The molecule has 0 radical (unpaired) electrons. The molecule has 2 aliphatic rings. The van der Waals surface area contributed by atoms with Gasteiger partial charge in [0, 0.05) is 23.7 Å². The van der Waals surface area contributed by atoms with Crippen LogP contribution in [-0.2, 0) is 4.74 Å². The van der Waals surface area contributed by atoms with Gasteiger partial charge in [0.2, 0.25) is 5.95 Å². The summed E-state index contributed by atoms with van der Waals surface area (Å²) in [5.74, 6) is 1.31. The molecule has 4 rings (SSSR count). The monoisotopic (exact) mass is 372 g/mol. The highest BCUT2D eigenvalue weighted by Gasteiger charge is 2.21. The van der Waals surface area contributed by atoms with Gasteiger partial charge in [0.1, 0.15) is 19.0 Å². The lowest BCUT2D eigenvalue weighted by Crippen LogP contribution is -2.29. The fourth-order valence-corrected chi connectivity index (χ4v) is 3.47. The summed E-state index contributed by atoms with van der Waals surface area (Å²) >= 11 is 0. The second kappa shape index (κ2) is 7.96. The zero-order valence-corrected chi connectivity index (χ0v) is 15.1. The van der Waals surface area contributed by atoms with Gasteiger partial charge in [0.05, 0.1) is 24.7 Å². The number of fused-ring (bicyclic) bond motifs is 1. The third kappa shape index (κ3) is 4.39. The molecule has 1 aliphatic carbocycles. The number of nitrogens with one attached hydrogen (secondary N) is 1. The number of ether oxygens (including phenoxy) is 2. The third-order valence-corrected chi connectivity index (χ3v) is 5.06. The largest absolute Gasteiger partial charge is 0.492 e. The number of amides is 1. The Labute approximate surface area is 157 Å². The van der Waals surface area contributed by atoms with Crippen LogP contribution in [-0.4, -0.2) is 64.5 Å². The van der Waals surface area contributed by atoms with E-state index >= 15 is 0 Å². The number of rotatable bonds is 6. The van der Waals surface area contributed by atoms with Gasteiger partial charge < -0.3 is 24.8 Å². The summed E-state index contributed by atoms with van der Waals surface area (Å²) in [5.41, 5.74) is 0.807. The van der Waals surface area contributed by atoms with Gasteiger partial charge in [-0.05, 0) is 37.8 Å². The van der Waals surface area contributed by atoms with E-state index in [0.29, 0.717) is 44.0 Å². The quantitative estimate of drug-likeness (QED) is 0.802. The zero-order chi connectivity index (χ0) is 18.6. The number of carbonyl (C=O) groups is 1. The molecule has 0 atom stereocenters. The molecule has 0 unspecified atom stereocenters. The van der Waals surface area contributed by atoms with Gasteiger partial charge in [0.25, 0.3) is 0 Å². The number of hydrogen-bond donors (Lipinski definition) is 2. The maximum Gasteiger partial charge on any atom is 0.410 e. The number of benzene rings is 1. The maximum atomic E-state index is 11.4. The van der Waals surface area contributed by atoms with Crippen molar-refractivity contribution in [1.29, 1.82) is 0 Å². The fraction of sp³-hybridized carbons (Fsp3) is 0.526. The normalized spacial score (nSPS) is 22.7. The highest BCUT2D eigenvalue weighted by Crippen LogP contribution is 2.23. The lowest BCUT2D eigenvalue weighted by molar-refractivity contribution is 0.126. The molecule has 1 aromatic heterocycles. The molecule has 27 heavy (non-hydrogen) atoms. The Bertz CT molecular complexity index is 807. The van der Waals surface area contributed by atoms with Crippen molar-refractivity contribution in [3.05, 3.63) is 24.4 Å². The Morgan fingerprint density at radius 1 is 1.30 bits per heavy atom. The molecule has 2 aromatic rings. The topological polar surface area (TPSA) is 96.8 Å². The minimum absolute atomic E-state index is 0.178. The Balaban J connectivity index is 1.37. The molecule has 1 aliphatic heterocycles. The van der Waals surface area contributed by atoms with Crippen molar-refractivity contribution in [3.63, 3.8) is 0 Å². The second-order valence-corrected chi connectivity index (χ2v) is 7.01. The van der Waals surface area contributed by atoms with E-state index in [1.165, 1.54) is 0 Å². The number of aromatic nitrogens is 2. The van der Waals surface area contributed by atoms with Crippen molar-refractivity contribution in [3.8, 4) is 5.75 Å². The van der Waals surface area contributed by atoms with E-state index in [0.717, 1.165) is 36.6 Å². The van der Waals surface area contributed by atoms with E-state index < -0.39 is 0 Å². The third-order valence-electron chi connectivity index (χ3n) is 5.06. The summed E-state index contributed by atoms with van der Waals surface area (Å²) in [6.07, 6.45) is 4.81. The first kappa shape index (κ1) is 17.8. The zero-order valence-electron chi connectivity index (χ0n) is 15.1. The average molecular weight is 372 g/mol. The average Bonchev–Trinajstić information content (AvgIpc) is 3.08. The number of anilines is 1. The molecule has 8 nitrogen and oxygen atoms in total. The summed E-state index contributed by atoms with van der Waals surface area (Å²) in [4.78, 5) is 22.0. The van der Waals surface area contributed by atoms with E-state index in [2.05, 4.69) is 15.3 Å². The molecule has 0 spiro atoms. The Morgan fingerprint density at radius 2 is 2.15 bits per heavy atom. The number of carbonyl (C=O) groups excluding carboxylic acids is 1. The molecular weight excluding hydrogens is 348 g/mol. The smallest absolute Gasteiger partial charge is 0.410 e. The van der Waals surface area contributed by atoms with E-state index in [1.807, 2.05) is 18.2 Å². The van der Waals surface area contributed by atoms with Crippen LogP contribution in [0.1, 0.15) is 25.7 Å². The summed E-state index contributed by atoms with van der Waals surface area (Å²) in [5, 5.41) is 13.9. The Kier molecular flexibility index (Phi) is 5.24. The molecule has 1 saturated heterocycles. The lowest BCUT2D eigenvalue weighted by atomic mass is 9.93. The molecule has 1 saturated carbocycles. The first-order valence-electron chi connectivity index (χ1n) is 9.43. The molecular formula is C19H24N4O4. The van der Waals surface area contributed by atoms with Gasteiger partial charge in [-0.1, -0.05) is 0 Å². The van der Waals surface area contributed by atoms with Crippen molar-refractivity contribution >= 4 is 22.9 Å². The minimum Gasteiger partial charge on any atom is -0.492 e. The molecule has 0 bridgehead atoms. The maximum absolute atomic E-state index is 11.4. The van der Waals surface area contributed by atoms with E-state index in [-0.39, 0.29) is 12.2 Å². The van der Waals surface area contributed by atoms with Gasteiger partial charge >= 0.3 is 6.09 Å². The predicted molar refractivity (Wildman–Crippen MR) is 99.8 cm³/mol. The van der Waals surface area contributed by atoms with Crippen molar-refractivity contribution in [1.82, 2.24) is 14.9 Å². The van der Waals surface area contributed by atoms with E-state index in [1.54, 1.807) is 11.1 Å². The van der Waals surface area contributed by atoms with E-state index in [9.17, 15) is 9.90 Å². The number of aliphatic hydroxyl groups excluding tert-OH is 1. The fourth-order valence-electron chi connectivity index (χ4n) is 3.47. The molecule has 1 amide bonds. The Hall–Kier alpha value is -2.61. The second-order valence-electron chi connectivity index (χ2n) is 7.01. The minimum atomic E-state index is -0.282. The molecule has 2 N–H and O–H groups in total. The Morgan fingerprint density at radius 3 is 2.93 bits per heavy atom. The highest BCUT2D eigenvalue weighted by atomic mass is 16.6. The SMILES string of the molecule is O=C1OCCN1CCOc1ccc2cnc(N[C@H]3CC[C@H](O)CC3)nc2c1. The number of cyclic esters (lactones) is 1. The molecule has 8 heteroatoms. The van der Waals surface area contributed by atoms with Gasteiger partial charge in [-0.3, -0.25) is 0 Å². The van der Waals surface area contributed by atoms with Crippen LogP contribution < -0.4 is 10.1 Å².